The maximum Gasteiger partial charge on any atom is 0.245 e. The zero-order valence-electron chi connectivity index (χ0n) is 10.5. The molecule has 0 radical (unpaired) electrons. The molecule has 1 atom stereocenters. The summed E-state index contributed by atoms with van der Waals surface area (Å²) in [6.07, 6.45) is 0.0288. The Morgan fingerprint density at radius 1 is 1.24 bits per heavy atom. The number of anilines is 1. The van der Waals surface area contributed by atoms with Crippen LogP contribution >= 0.6 is 58.6 Å². The third-order valence-electron chi connectivity index (χ3n) is 2.18. The second-order valence-corrected chi connectivity index (χ2v) is 7.01. The van der Waals surface area contributed by atoms with E-state index in [-0.39, 0.29) is 5.11 Å². The van der Waals surface area contributed by atoms with Crippen molar-refractivity contribution in [2.45, 2.75) is 9.96 Å². The highest BCUT2D eigenvalue weighted by molar-refractivity contribution is 7.80. The van der Waals surface area contributed by atoms with Gasteiger partial charge in [0.05, 0.1) is 0 Å². The van der Waals surface area contributed by atoms with Gasteiger partial charge in [-0.2, -0.15) is 0 Å². The maximum atomic E-state index is 11.3. The Bertz CT molecular complexity index is 530. The normalized spacial score (nSPS) is 12.2. The fourth-order valence-corrected chi connectivity index (χ4v) is 1.92. The van der Waals surface area contributed by atoms with Crippen molar-refractivity contribution in [2.75, 3.05) is 5.32 Å². The number of carbonyl (C=O) groups is 1. The molecule has 0 saturated carbocycles. The van der Waals surface area contributed by atoms with E-state index in [0.717, 1.165) is 6.08 Å². The molecule has 0 aromatic heterocycles. The molecule has 3 N–H and O–H groups in total. The Kier molecular flexibility index (Phi) is 7.03. The van der Waals surface area contributed by atoms with Crippen LogP contribution in [0.4, 0.5) is 5.69 Å². The van der Waals surface area contributed by atoms with Crippen molar-refractivity contribution in [3.05, 3.63) is 41.9 Å². The van der Waals surface area contributed by atoms with E-state index in [1.165, 1.54) is 0 Å². The summed E-state index contributed by atoms with van der Waals surface area (Å²) in [6.45, 7) is 3.32. The van der Waals surface area contributed by atoms with Crippen molar-refractivity contribution in [1.82, 2.24) is 10.6 Å². The van der Waals surface area contributed by atoms with Crippen LogP contribution in [0.15, 0.2) is 36.9 Å². The number of carbonyl (C=O) groups excluding carboxylic acids is 1. The summed E-state index contributed by atoms with van der Waals surface area (Å²) >= 11 is 28.2. The fraction of sp³-hybridized carbons (Fsp3) is 0.167. The molecule has 4 nitrogen and oxygen atoms in total. The molecule has 1 unspecified atom stereocenters. The lowest BCUT2D eigenvalue weighted by Crippen LogP contribution is -2.55. The number of benzene rings is 1. The molecule has 1 rings (SSSR count). The fourth-order valence-electron chi connectivity index (χ4n) is 1.23. The molecule has 0 heterocycles. The van der Waals surface area contributed by atoms with Gasteiger partial charge in [-0.25, -0.2) is 0 Å². The first-order chi connectivity index (χ1) is 9.72. The van der Waals surface area contributed by atoms with Crippen molar-refractivity contribution in [3.63, 3.8) is 0 Å². The van der Waals surface area contributed by atoms with Gasteiger partial charge < -0.3 is 16.0 Å². The zero-order valence-corrected chi connectivity index (χ0v) is 14.3. The molecule has 21 heavy (non-hydrogen) atoms. The van der Waals surface area contributed by atoms with Gasteiger partial charge in [-0.1, -0.05) is 53.0 Å². The summed E-state index contributed by atoms with van der Waals surface area (Å²) in [5, 5.41) is 8.75. The number of rotatable bonds is 4. The van der Waals surface area contributed by atoms with Crippen LogP contribution in [0, 0.1) is 0 Å². The van der Waals surface area contributed by atoms with Crippen LogP contribution < -0.4 is 16.0 Å². The average molecular weight is 387 g/mol. The Morgan fingerprint density at radius 2 is 1.81 bits per heavy atom. The molecule has 0 aliphatic carbocycles. The van der Waals surface area contributed by atoms with Gasteiger partial charge in [-0.05, 0) is 42.6 Å². The monoisotopic (exact) mass is 385 g/mol. The van der Waals surface area contributed by atoms with Gasteiger partial charge in [0.25, 0.3) is 0 Å². The van der Waals surface area contributed by atoms with Gasteiger partial charge in [0.15, 0.2) is 5.11 Å². The molecule has 0 aliphatic rings. The van der Waals surface area contributed by atoms with E-state index >= 15 is 0 Å². The average Bonchev–Trinajstić information content (AvgIpc) is 2.39. The van der Waals surface area contributed by atoms with Crippen molar-refractivity contribution in [1.29, 1.82) is 0 Å². The summed E-state index contributed by atoms with van der Waals surface area (Å²) in [7, 11) is 0. The van der Waals surface area contributed by atoms with E-state index in [4.69, 9.17) is 58.6 Å². The number of thiocarbonyl (C=S) groups is 1. The first kappa shape index (κ1) is 18.3. The number of halogens is 4. The number of amides is 1. The summed E-state index contributed by atoms with van der Waals surface area (Å²) < 4.78 is -1.80. The first-order valence-corrected chi connectivity index (χ1v) is 7.47. The molecule has 1 aromatic rings. The molecule has 0 spiro atoms. The SMILES string of the molecule is C=CC(=O)NC(NC(=S)Nc1ccc(Cl)cc1)C(Cl)(Cl)Cl. The highest BCUT2D eigenvalue weighted by atomic mass is 35.6. The quantitative estimate of drug-likeness (QED) is 0.320. The molecule has 0 saturated heterocycles. The minimum atomic E-state index is -1.80. The molecular weight excluding hydrogens is 376 g/mol. The van der Waals surface area contributed by atoms with Gasteiger partial charge in [0, 0.05) is 10.7 Å². The van der Waals surface area contributed by atoms with E-state index in [1.54, 1.807) is 24.3 Å². The standard InChI is InChI=1S/C12H11Cl4N3OS/c1-2-9(20)18-10(12(14,15)16)19-11(21)17-8-5-3-7(13)4-6-8/h2-6,10H,1H2,(H,18,20)(H2,17,19,21). The minimum Gasteiger partial charge on any atom is -0.339 e. The molecule has 1 amide bonds. The van der Waals surface area contributed by atoms with Crippen molar-refractivity contribution in [3.8, 4) is 0 Å². The number of hydrogen-bond donors (Lipinski definition) is 3. The Hall–Kier alpha value is -0.720. The highest BCUT2D eigenvalue weighted by Crippen LogP contribution is 2.29. The van der Waals surface area contributed by atoms with Crippen molar-refractivity contribution >= 4 is 75.3 Å². The number of nitrogens with one attached hydrogen (secondary N) is 3. The summed E-state index contributed by atoms with van der Waals surface area (Å²) in [6, 6.07) is 6.84. The van der Waals surface area contributed by atoms with E-state index < -0.39 is 15.9 Å². The summed E-state index contributed by atoms with van der Waals surface area (Å²) in [5.74, 6) is -0.506. The molecule has 9 heteroatoms. The summed E-state index contributed by atoms with van der Waals surface area (Å²) in [4.78, 5) is 11.3. The smallest absolute Gasteiger partial charge is 0.245 e. The van der Waals surface area contributed by atoms with Crippen LogP contribution in [0.1, 0.15) is 0 Å². The zero-order chi connectivity index (χ0) is 16.0. The van der Waals surface area contributed by atoms with Crippen LogP contribution in [-0.2, 0) is 4.79 Å². The Labute approximate surface area is 147 Å². The van der Waals surface area contributed by atoms with Crippen molar-refractivity contribution < 1.29 is 4.79 Å². The Morgan fingerprint density at radius 3 is 2.29 bits per heavy atom. The van der Waals surface area contributed by atoms with Gasteiger partial charge in [-0.3, -0.25) is 4.79 Å². The molecule has 0 fully saturated rings. The van der Waals surface area contributed by atoms with Gasteiger partial charge in [-0.15, -0.1) is 0 Å². The lowest BCUT2D eigenvalue weighted by molar-refractivity contribution is -0.117. The number of alkyl halides is 3. The predicted octanol–water partition coefficient (Wildman–Crippen LogP) is 3.62. The van der Waals surface area contributed by atoms with E-state index in [2.05, 4.69) is 22.5 Å². The van der Waals surface area contributed by atoms with E-state index in [9.17, 15) is 4.79 Å². The lowest BCUT2D eigenvalue weighted by atomic mass is 10.3. The van der Waals surface area contributed by atoms with Crippen molar-refractivity contribution in [2.24, 2.45) is 0 Å². The van der Waals surface area contributed by atoms with Crippen LogP contribution in [0.3, 0.4) is 0 Å². The topological polar surface area (TPSA) is 53.2 Å². The highest BCUT2D eigenvalue weighted by Gasteiger charge is 2.34. The third kappa shape index (κ3) is 6.72. The molecule has 0 bridgehead atoms. The van der Waals surface area contributed by atoms with Crippen LogP contribution in [0.25, 0.3) is 0 Å². The van der Waals surface area contributed by atoms with E-state index in [1.807, 2.05) is 0 Å². The van der Waals surface area contributed by atoms with Gasteiger partial charge in [0.2, 0.25) is 9.70 Å². The van der Waals surface area contributed by atoms with Crippen LogP contribution in [0.2, 0.25) is 5.02 Å². The van der Waals surface area contributed by atoms with Gasteiger partial charge >= 0.3 is 0 Å². The Balaban J connectivity index is 2.69. The predicted molar refractivity (Wildman–Crippen MR) is 93.2 cm³/mol. The second-order valence-electron chi connectivity index (χ2n) is 3.79. The largest absolute Gasteiger partial charge is 0.339 e. The first-order valence-electron chi connectivity index (χ1n) is 5.55. The van der Waals surface area contributed by atoms with Crippen LogP contribution in [0.5, 0.6) is 0 Å². The van der Waals surface area contributed by atoms with Gasteiger partial charge in [0.1, 0.15) is 6.17 Å². The number of hydrogen-bond acceptors (Lipinski definition) is 2. The molecule has 0 aliphatic heterocycles. The van der Waals surface area contributed by atoms with Crippen LogP contribution in [-0.4, -0.2) is 21.0 Å². The summed E-state index contributed by atoms with van der Waals surface area (Å²) in [5.41, 5.74) is 0.690. The molecule has 1 aromatic carbocycles. The second kappa shape index (κ2) is 8.06. The van der Waals surface area contributed by atoms with E-state index in [0.29, 0.717) is 10.7 Å². The molecule has 114 valence electrons. The third-order valence-corrected chi connectivity index (χ3v) is 3.30. The minimum absolute atomic E-state index is 0.165. The lowest BCUT2D eigenvalue weighted by Gasteiger charge is -2.27. The maximum absolute atomic E-state index is 11.3. The molecular formula is C12H11Cl4N3OS.